The van der Waals surface area contributed by atoms with Gasteiger partial charge in [-0.05, 0) is 17.5 Å². The van der Waals surface area contributed by atoms with Gasteiger partial charge in [-0.1, -0.05) is 32.0 Å². The summed E-state index contributed by atoms with van der Waals surface area (Å²) in [5.41, 5.74) is 8.87. The number of anilines is 3. The molecule has 0 unspecified atom stereocenters. The van der Waals surface area contributed by atoms with Gasteiger partial charge >= 0.3 is 0 Å². The van der Waals surface area contributed by atoms with Crippen LogP contribution in [-0.4, -0.2) is 14.4 Å². The fraction of sp³-hybridized carbons (Fsp3) is 0.200. The minimum atomic E-state index is 0.426. The summed E-state index contributed by atoms with van der Waals surface area (Å²) in [6, 6.07) is 8.20. The second-order valence-electron chi connectivity index (χ2n) is 5.04. The summed E-state index contributed by atoms with van der Waals surface area (Å²) in [6.45, 7) is 4.33. The lowest BCUT2D eigenvalue weighted by Crippen LogP contribution is -2.04. The maximum absolute atomic E-state index is 5.84. The van der Waals surface area contributed by atoms with E-state index in [9.17, 15) is 0 Å². The van der Waals surface area contributed by atoms with Crippen molar-refractivity contribution in [2.24, 2.45) is 0 Å². The molecule has 0 aliphatic rings. The van der Waals surface area contributed by atoms with Gasteiger partial charge in [0, 0.05) is 18.1 Å². The van der Waals surface area contributed by atoms with Crippen LogP contribution in [0.3, 0.4) is 0 Å². The van der Waals surface area contributed by atoms with Gasteiger partial charge in [0.2, 0.25) is 0 Å². The van der Waals surface area contributed by atoms with Crippen LogP contribution in [-0.2, 0) is 0 Å². The van der Waals surface area contributed by atoms with Crippen LogP contribution in [0.15, 0.2) is 42.9 Å². The molecule has 3 rings (SSSR count). The normalized spacial score (nSPS) is 11.2. The maximum atomic E-state index is 5.84. The molecule has 20 heavy (non-hydrogen) atoms. The van der Waals surface area contributed by atoms with Gasteiger partial charge in [-0.25, -0.2) is 9.97 Å². The Balaban J connectivity index is 2.08. The zero-order valence-electron chi connectivity index (χ0n) is 11.5. The van der Waals surface area contributed by atoms with Crippen molar-refractivity contribution in [1.82, 2.24) is 14.4 Å². The first-order chi connectivity index (χ1) is 9.65. The number of nitrogen functional groups attached to an aromatic ring is 1. The lowest BCUT2D eigenvalue weighted by molar-refractivity contribution is 0.869. The van der Waals surface area contributed by atoms with Crippen LogP contribution in [0.2, 0.25) is 0 Å². The Hall–Kier alpha value is -2.56. The number of benzene rings is 1. The van der Waals surface area contributed by atoms with E-state index in [4.69, 9.17) is 5.73 Å². The topological polar surface area (TPSA) is 68.2 Å². The third-order valence-corrected chi connectivity index (χ3v) is 3.23. The highest BCUT2D eigenvalue weighted by atomic mass is 15.1. The Morgan fingerprint density at radius 2 is 2.05 bits per heavy atom. The third kappa shape index (κ3) is 2.18. The van der Waals surface area contributed by atoms with E-state index >= 15 is 0 Å². The molecule has 0 spiro atoms. The Morgan fingerprint density at radius 1 is 1.25 bits per heavy atom. The molecular formula is C15H17N5. The largest absolute Gasteiger partial charge is 0.382 e. The molecule has 0 aliphatic heterocycles. The predicted molar refractivity (Wildman–Crippen MR) is 81.2 cm³/mol. The predicted octanol–water partition coefficient (Wildman–Crippen LogP) is 3.18. The summed E-state index contributed by atoms with van der Waals surface area (Å²) in [7, 11) is 0. The van der Waals surface area contributed by atoms with Crippen molar-refractivity contribution in [3.05, 3.63) is 48.4 Å². The van der Waals surface area contributed by atoms with E-state index < -0.39 is 0 Å². The van der Waals surface area contributed by atoms with Gasteiger partial charge in [0.05, 0.1) is 6.20 Å². The van der Waals surface area contributed by atoms with E-state index in [2.05, 4.69) is 35.2 Å². The molecule has 5 nitrogen and oxygen atoms in total. The van der Waals surface area contributed by atoms with Crippen molar-refractivity contribution >= 4 is 23.0 Å². The number of hydrogen-bond donors (Lipinski definition) is 2. The minimum absolute atomic E-state index is 0.426. The van der Waals surface area contributed by atoms with Crippen LogP contribution >= 0.6 is 0 Å². The molecule has 0 atom stereocenters. The van der Waals surface area contributed by atoms with Crippen molar-refractivity contribution < 1.29 is 0 Å². The molecule has 2 aromatic heterocycles. The number of para-hydroxylation sites is 1. The first kappa shape index (κ1) is 12.5. The molecule has 0 saturated carbocycles. The average molecular weight is 267 g/mol. The van der Waals surface area contributed by atoms with Crippen molar-refractivity contribution in [3.8, 4) is 0 Å². The second kappa shape index (κ2) is 4.85. The summed E-state index contributed by atoms with van der Waals surface area (Å²) in [6.07, 6.45) is 5.34. The van der Waals surface area contributed by atoms with E-state index in [1.54, 1.807) is 12.4 Å². The summed E-state index contributed by atoms with van der Waals surface area (Å²) >= 11 is 0. The van der Waals surface area contributed by atoms with Gasteiger partial charge in [-0.3, -0.25) is 0 Å². The van der Waals surface area contributed by atoms with Crippen LogP contribution < -0.4 is 11.1 Å². The van der Waals surface area contributed by atoms with Gasteiger partial charge in [0.25, 0.3) is 0 Å². The second-order valence-corrected chi connectivity index (χ2v) is 5.04. The van der Waals surface area contributed by atoms with Crippen molar-refractivity contribution in [1.29, 1.82) is 0 Å². The van der Waals surface area contributed by atoms with E-state index in [1.807, 2.05) is 28.8 Å². The van der Waals surface area contributed by atoms with Gasteiger partial charge in [-0.2, -0.15) is 0 Å². The number of rotatable bonds is 3. The zero-order valence-corrected chi connectivity index (χ0v) is 11.5. The molecule has 0 amide bonds. The summed E-state index contributed by atoms with van der Waals surface area (Å²) in [4.78, 5) is 8.67. The fourth-order valence-electron chi connectivity index (χ4n) is 2.28. The Morgan fingerprint density at radius 3 is 2.85 bits per heavy atom. The van der Waals surface area contributed by atoms with E-state index in [-0.39, 0.29) is 0 Å². The highest BCUT2D eigenvalue weighted by Crippen LogP contribution is 2.27. The van der Waals surface area contributed by atoms with E-state index in [0.29, 0.717) is 17.6 Å². The van der Waals surface area contributed by atoms with Crippen molar-refractivity contribution in [2.75, 3.05) is 11.1 Å². The van der Waals surface area contributed by atoms with Crippen LogP contribution in [0.5, 0.6) is 0 Å². The molecule has 3 aromatic rings. The van der Waals surface area contributed by atoms with Crippen LogP contribution in [0, 0.1) is 0 Å². The number of hydrogen-bond acceptors (Lipinski definition) is 4. The number of nitrogens with two attached hydrogens (primary N) is 1. The SMILES string of the molecule is CC(C)c1ccccc1Nc1nc(N)cn2ccnc12. The molecule has 5 heteroatoms. The van der Waals surface area contributed by atoms with Crippen LogP contribution in [0.4, 0.5) is 17.3 Å². The Labute approximate surface area is 117 Å². The molecular weight excluding hydrogens is 250 g/mol. The van der Waals surface area contributed by atoms with Crippen LogP contribution in [0.25, 0.3) is 5.65 Å². The lowest BCUT2D eigenvalue weighted by Gasteiger charge is -2.14. The minimum Gasteiger partial charge on any atom is -0.382 e. The zero-order chi connectivity index (χ0) is 14.1. The number of aromatic nitrogens is 3. The maximum Gasteiger partial charge on any atom is 0.180 e. The summed E-state index contributed by atoms with van der Waals surface area (Å²) in [5.74, 6) is 1.55. The molecule has 0 radical (unpaired) electrons. The number of imidazole rings is 1. The molecule has 2 heterocycles. The number of nitrogens with one attached hydrogen (secondary N) is 1. The van der Waals surface area contributed by atoms with Crippen molar-refractivity contribution in [3.63, 3.8) is 0 Å². The Bertz CT molecular complexity index is 745. The molecule has 102 valence electrons. The number of fused-ring (bicyclic) bond motifs is 1. The van der Waals surface area contributed by atoms with Crippen molar-refractivity contribution in [2.45, 2.75) is 19.8 Å². The van der Waals surface area contributed by atoms with Gasteiger partial charge in [0.15, 0.2) is 11.5 Å². The van der Waals surface area contributed by atoms with Crippen LogP contribution in [0.1, 0.15) is 25.3 Å². The standard InChI is InChI=1S/C15H17N5/c1-10(2)11-5-3-4-6-12(11)18-14-15-17-7-8-20(15)9-13(16)19-14/h3-10H,16H2,1-2H3,(H,18,19). The molecule has 1 aromatic carbocycles. The monoisotopic (exact) mass is 267 g/mol. The molecule has 0 bridgehead atoms. The quantitative estimate of drug-likeness (QED) is 0.764. The highest BCUT2D eigenvalue weighted by molar-refractivity contribution is 5.73. The first-order valence-corrected chi connectivity index (χ1v) is 6.60. The van der Waals surface area contributed by atoms with Gasteiger partial charge < -0.3 is 15.5 Å². The fourth-order valence-corrected chi connectivity index (χ4v) is 2.28. The van der Waals surface area contributed by atoms with Gasteiger partial charge in [0.1, 0.15) is 5.82 Å². The molecule has 3 N–H and O–H groups in total. The Kier molecular flexibility index (Phi) is 3.02. The molecule has 0 aliphatic carbocycles. The summed E-state index contributed by atoms with van der Waals surface area (Å²) in [5, 5.41) is 3.35. The van der Waals surface area contributed by atoms with E-state index in [1.165, 1.54) is 5.56 Å². The number of nitrogens with zero attached hydrogens (tertiary/aromatic N) is 3. The summed E-state index contributed by atoms with van der Waals surface area (Å²) < 4.78 is 1.86. The molecule has 0 fully saturated rings. The smallest absolute Gasteiger partial charge is 0.180 e. The first-order valence-electron chi connectivity index (χ1n) is 6.60. The highest BCUT2D eigenvalue weighted by Gasteiger charge is 2.10. The third-order valence-electron chi connectivity index (χ3n) is 3.23. The van der Waals surface area contributed by atoms with Gasteiger partial charge in [-0.15, -0.1) is 0 Å². The lowest BCUT2D eigenvalue weighted by atomic mass is 10.0. The van der Waals surface area contributed by atoms with E-state index in [0.717, 1.165) is 11.3 Å². The molecule has 0 saturated heterocycles. The average Bonchev–Trinajstić information content (AvgIpc) is 2.87.